The summed E-state index contributed by atoms with van der Waals surface area (Å²) in [6.07, 6.45) is 3.57. The Morgan fingerprint density at radius 2 is 1.57 bits per heavy atom. The van der Waals surface area contributed by atoms with Gasteiger partial charge in [-0.1, -0.05) is 29.4 Å². The van der Waals surface area contributed by atoms with Crippen LogP contribution in [0.2, 0.25) is 5.15 Å². The number of amidine groups is 1. The monoisotopic (exact) mass is 606 g/mol. The number of thioether (sulfide) groups is 1. The van der Waals surface area contributed by atoms with E-state index in [0.717, 1.165) is 29.6 Å². The zero-order chi connectivity index (χ0) is 26.4. The first-order valence-corrected chi connectivity index (χ1v) is 14.2. The van der Waals surface area contributed by atoms with Gasteiger partial charge in [0.2, 0.25) is 6.19 Å². The van der Waals surface area contributed by atoms with Gasteiger partial charge in [0.15, 0.2) is 5.17 Å². The van der Waals surface area contributed by atoms with E-state index in [1.807, 2.05) is 12.3 Å². The minimum atomic E-state index is -2.35. The second-order valence-electron chi connectivity index (χ2n) is 5.22. The topological polar surface area (TPSA) is 210 Å². The molecule has 1 fully saturated rings. The number of aromatic nitrogens is 1. The van der Waals surface area contributed by atoms with Gasteiger partial charge in [0.25, 0.3) is 0 Å². The predicted molar refractivity (Wildman–Crippen MR) is 133 cm³/mol. The standard InChI is InChI=1S/C10H9ClN4S.3C2H6O3P.Al/c11-9-2-1-8(5-13-9)6-15-3-4-16-10(15)14-7-12;3*1-2-5-6(3)4;/h1-2,5H,3-4,6H2;3*3H,2H2,1H3;/q;3*-1;+3. The summed E-state index contributed by atoms with van der Waals surface area (Å²) in [6, 6.07) is 3.70. The van der Waals surface area contributed by atoms with Crippen molar-refractivity contribution in [2.75, 3.05) is 32.1 Å². The van der Waals surface area contributed by atoms with Crippen molar-refractivity contribution in [3.63, 3.8) is 0 Å². The zero-order valence-corrected chi connectivity index (χ0v) is 24.7. The van der Waals surface area contributed by atoms with Crippen LogP contribution in [0.4, 0.5) is 0 Å². The Hall–Kier alpha value is 0.212. The van der Waals surface area contributed by atoms with Crippen LogP contribution >= 0.6 is 49.2 Å². The molecule has 13 nitrogen and oxygen atoms in total. The molecule has 0 radical (unpaired) electrons. The average Bonchev–Trinajstić information content (AvgIpc) is 3.18. The van der Waals surface area contributed by atoms with Crippen LogP contribution in [0.1, 0.15) is 26.3 Å². The minimum absolute atomic E-state index is 0. The third kappa shape index (κ3) is 27.1. The largest absolute Gasteiger partial charge is 3.00 e. The Labute approximate surface area is 228 Å². The molecule has 3 unspecified atom stereocenters. The number of nitriles is 1. The fraction of sp³-hybridized carbons (Fsp3) is 0.562. The molecule has 0 amide bonds. The second-order valence-corrected chi connectivity index (χ2v) is 8.87. The number of halogens is 1. The SMILES string of the molecule is CCOP([O-])O.CCOP([O-])O.CCOP([O-])O.N#CN=C1SCCN1Cc1ccc(Cl)nc1.[Al+3]. The first kappa shape index (κ1) is 39.7. The fourth-order valence-corrected chi connectivity index (χ4v) is 3.49. The maximum absolute atomic E-state index is 9.53. The van der Waals surface area contributed by atoms with Gasteiger partial charge in [-0.25, -0.2) is 4.98 Å². The Morgan fingerprint density at radius 1 is 1.09 bits per heavy atom. The fourth-order valence-electron chi connectivity index (χ4n) is 1.78. The number of nitrogens with zero attached hydrogens (tertiary/aromatic N) is 4. The van der Waals surface area contributed by atoms with Gasteiger partial charge < -0.3 is 47.8 Å². The van der Waals surface area contributed by atoms with Crippen molar-refractivity contribution < 1.29 is 42.9 Å². The summed E-state index contributed by atoms with van der Waals surface area (Å²) in [7, 11) is -7.05. The molecule has 2 rings (SSSR count). The summed E-state index contributed by atoms with van der Waals surface area (Å²) in [4.78, 5) is 62.0. The van der Waals surface area contributed by atoms with Crippen molar-refractivity contribution in [3.05, 3.63) is 29.0 Å². The summed E-state index contributed by atoms with van der Waals surface area (Å²) in [5, 5.41) is 9.82. The van der Waals surface area contributed by atoms with Crippen LogP contribution in [-0.4, -0.2) is 79.2 Å². The van der Waals surface area contributed by atoms with Crippen LogP contribution in [0.3, 0.4) is 0 Å². The molecule has 1 aromatic heterocycles. The van der Waals surface area contributed by atoms with E-state index in [9.17, 15) is 14.7 Å². The molecule has 196 valence electrons. The summed E-state index contributed by atoms with van der Waals surface area (Å²) in [5.74, 6) is 0.974. The molecule has 1 aromatic rings. The minimum Gasteiger partial charge on any atom is -0.786 e. The Kier molecular flexibility index (Phi) is 30.9. The summed E-state index contributed by atoms with van der Waals surface area (Å²) < 4.78 is 12.3. The van der Waals surface area contributed by atoms with Crippen molar-refractivity contribution in [2.24, 2.45) is 4.99 Å². The molecule has 19 heteroatoms. The molecule has 1 aliphatic heterocycles. The van der Waals surface area contributed by atoms with Gasteiger partial charge in [-0.3, -0.25) is 0 Å². The molecular formula is C16H27AlClN4O9P3S. The van der Waals surface area contributed by atoms with Crippen molar-refractivity contribution in [1.82, 2.24) is 9.88 Å². The molecule has 1 saturated heterocycles. The van der Waals surface area contributed by atoms with Gasteiger partial charge in [-0.05, 0) is 32.4 Å². The number of rotatable bonds is 8. The third-order valence-corrected chi connectivity index (χ3v) is 5.54. The van der Waals surface area contributed by atoms with Crippen LogP contribution in [0.25, 0.3) is 0 Å². The van der Waals surface area contributed by atoms with Gasteiger partial charge in [0.1, 0.15) is 5.15 Å². The molecule has 0 aliphatic carbocycles. The van der Waals surface area contributed by atoms with Crippen LogP contribution in [-0.2, 0) is 20.1 Å². The quantitative estimate of drug-likeness (QED) is 0.160. The maximum Gasteiger partial charge on any atom is 3.00 e. The first-order valence-electron chi connectivity index (χ1n) is 9.43. The zero-order valence-electron chi connectivity index (χ0n) is 19.3. The molecule has 0 bridgehead atoms. The van der Waals surface area contributed by atoms with Crippen LogP contribution in [0.15, 0.2) is 23.3 Å². The van der Waals surface area contributed by atoms with Crippen LogP contribution < -0.4 is 14.7 Å². The predicted octanol–water partition coefficient (Wildman–Crippen LogP) is 0.547. The Morgan fingerprint density at radius 3 is 1.89 bits per heavy atom. The third-order valence-electron chi connectivity index (χ3n) is 2.89. The van der Waals surface area contributed by atoms with Gasteiger partial charge in [0, 0.05) is 44.9 Å². The number of pyridine rings is 1. The molecule has 3 atom stereocenters. The van der Waals surface area contributed by atoms with Gasteiger partial charge in [-0.15, -0.1) is 4.99 Å². The van der Waals surface area contributed by atoms with Crippen molar-refractivity contribution in [2.45, 2.75) is 27.3 Å². The molecule has 35 heavy (non-hydrogen) atoms. The van der Waals surface area contributed by atoms with E-state index in [1.165, 1.54) is 0 Å². The molecule has 3 N–H and O–H groups in total. The summed E-state index contributed by atoms with van der Waals surface area (Å²) >= 11 is 7.32. The van der Waals surface area contributed by atoms with E-state index in [1.54, 1.807) is 44.8 Å². The van der Waals surface area contributed by atoms with E-state index in [0.29, 0.717) is 25.0 Å². The van der Waals surface area contributed by atoms with Crippen LogP contribution in [0.5, 0.6) is 0 Å². The molecular weight excluding hydrogens is 580 g/mol. The smallest absolute Gasteiger partial charge is 0.786 e. The van der Waals surface area contributed by atoms with Gasteiger partial charge in [0.05, 0.1) is 25.8 Å². The Balaban J connectivity index is -0.000000452. The van der Waals surface area contributed by atoms with Gasteiger partial charge in [-0.2, -0.15) is 5.26 Å². The summed E-state index contributed by atoms with van der Waals surface area (Å²) in [6.45, 7) is 7.49. The number of hydrogen-bond donors (Lipinski definition) is 3. The maximum atomic E-state index is 9.53. The molecule has 0 saturated carbocycles. The van der Waals surface area contributed by atoms with Crippen LogP contribution in [0, 0.1) is 11.5 Å². The van der Waals surface area contributed by atoms with E-state index >= 15 is 0 Å². The number of hydrogen-bond acceptors (Lipinski definition) is 13. The second kappa shape index (κ2) is 27.3. The van der Waals surface area contributed by atoms with Crippen molar-refractivity contribution in [1.29, 1.82) is 5.26 Å². The van der Waals surface area contributed by atoms with Crippen molar-refractivity contribution >= 4 is 71.7 Å². The molecule has 0 aromatic carbocycles. The summed E-state index contributed by atoms with van der Waals surface area (Å²) in [5.41, 5.74) is 1.07. The average molecular weight is 607 g/mol. The Bertz CT molecular complexity index is 671. The van der Waals surface area contributed by atoms with E-state index in [2.05, 4.69) is 28.4 Å². The van der Waals surface area contributed by atoms with Crippen molar-refractivity contribution in [3.8, 4) is 6.19 Å². The number of aliphatic imine (C=N–C) groups is 1. The normalized spacial score (nSPS) is 15.6. The molecule has 0 spiro atoms. The van der Waals surface area contributed by atoms with Gasteiger partial charge >= 0.3 is 17.4 Å². The van der Waals surface area contributed by atoms with E-state index < -0.39 is 25.8 Å². The molecule has 1 aliphatic rings. The first-order chi connectivity index (χ1) is 16.1. The van der Waals surface area contributed by atoms with E-state index in [-0.39, 0.29) is 17.4 Å². The van der Waals surface area contributed by atoms with E-state index in [4.69, 9.17) is 31.5 Å². The molecule has 2 heterocycles.